The van der Waals surface area contributed by atoms with E-state index in [0.717, 1.165) is 0 Å². The van der Waals surface area contributed by atoms with Gasteiger partial charge in [-0.05, 0) is 12.1 Å². The van der Waals surface area contributed by atoms with Crippen molar-refractivity contribution >= 4 is 34.9 Å². The Kier molecular flexibility index (Phi) is 3.74. The van der Waals surface area contributed by atoms with Crippen LogP contribution in [0.2, 0.25) is 10.2 Å². The molecule has 7 heteroatoms. The average molecular weight is 287 g/mol. The number of aromatic nitrogens is 1. The monoisotopic (exact) mass is 286 g/mol. The number of hydrogen-bond donors (Lipinski definition) is 2. The molecule has 2 aromatic heterocycles. The Labute approximate surface area is 112 Å². The summed E-state index contributed by atoms with van der Waals surface area (Å²) in [4.78, 5) is 14.6. The van der Waals surface area contributed by atoms with Crippen molar-refractivity contribution in [1.29, 1.82) is 0 Å². The van der Waals surface area contributed by atoms with Crippen LogP contribution in [0, 0.1) is 0 Å². The Hall–Kier alpha value is -1.72. The average Bonchev–Trinajstić information content (AvgIpc) is 2.82. The lowest BCUT2D eigenvalue weighted by Gasteiger charge is -2.09. The SMILES string of the molecule is O=C(O)c1nc(Cl)cc(NCc2ccco2)c1Cl. The number of carboxylic acids is 1. The Morgan fingerprint density at radius 1 is 1.50 bits per heavy atom. The third-order valence-electron chi connectivity index (χ3n) is 2.16. The van der Waals surface area contributed by atoms with Crippen molar-refractivity contribution in [3.63, 3.8) is 0 Å². The van der Waals surface area contributed by atoms with Crippen LogP contribution in [-0.4, -0.2) is 16.1 Å². The van der Waals surface area contributed by atoms with Gasteiger partial charge in [-0.2, -0.15) is 0 Å². The first kappa shape index (κ1) is 12.7. The first-order valence-electron chi connectivity index (χ1n) is 4.93. The molecule has 0 aliphatic carbocycles. The molecule has 0 aliphatic heterocycles. The third kappa shape index (κ3) is 2.75. The lowest BCUT2D eigenvalue weighted by Crippen LogP contribution is -2.06. The molecule has 2 rings (SSSR count). The summed E-state index contributed by atoms with van der Waals surface area (Å²) in [6.07, 6.45) is 1.54. The summed E-state index contributed by atoms with van der Waals surface area (Å²) < 4.78 is 5.13. The van der Waals surface area contributed by atoms with Gasteiger partial charge in [0.2, 0.25) is 0 Å². The summed E-state index contributed by atoms with van der Waals surface area (Å²) in [6, 6.07) is 4.99. The zero-order valence-corrected chi connectivity index (χ0v) is 10.5. The molecule has 2 heterocycles. The van der Waals surface area contributed by atoms with E-state index in [2.05, 4.69) is 10.3 Å². The van der Waals surface area contributed by atoms with Gasteiger partial charge in [0.1, 0.15) is 10.9 Å². The number of nitrogens with one attached hydrogen (secondary N) is 1. The van der Waals surface area contributed by atoms with Gasteiger partial charge in [-0.1, -0.05) is 23.2 Å². The highest BCUT2D eigenvalue weighted by atomic mass is 35.5. The molecule has 0 fully saturated rings. The molecule has 0 atom stereocenters. The molecule has 0 spiro atoms. The Balaban J connectivity index is 2.24. The molecule has 0 bridgehead atoms. The Morgan fingerprint density at radius 2 is 2.28 bits per heavy atom. The van der Waals surface area contributed by atoms with E-state index in [0.29, 0.717) is 18.0 Å². The van der Waals surface area contributed by atoms with Gasteiger partial charge in [0.05, 0.1) is 23.5 Å². The molecule has 0 amide bonds. The molecule has 94 valence electrons. The molecule has 18 heavy (non-hydrogen) atoms. The van der Waals surface area contributed by atoms with Crippen LogP contribution in [0.15, 0.2) is 28.9 Å². The van der Waals surface area contributed by atoms with Crippen LogP contribution >= 0.6 is 23.2 Å². The minimum Gasteiger partial charge on any atom is -0.476 e. The number of carboxylic acid groups (broad SMARTS) is 1. The van der Waals surface area contributed by atoms with Crippen molar-refractivity contribution in [2.75, 3.05) is 5.32 Å². The van der Waals surface area contributed by atoms with Gasteiger partial charge in [0.25, 0.3) is 0 Å². The molecular formula is C11H8Cl2N2O3. The van der Waals surface area contributed by atoms with Crippen molar-refractivity contribution in [3.05, 3.63) is 46.1 Å². The highest BCUT2D eigenvalue weighted by molar-refractivity contribution is 6.37. The number of anilines is 1. The number of hydrogen-bond acceptors (Lipinski definition) is 4. The van der Waals surface area contributed by atoms with E-state index in [1.807, 2.05) is 0 Å². The lowest BCUT2D eigenvalue weighted by atomic mass is 10.3. The zero-order chi connectivity index (χ0) is 13.1. The number of furan rings is 1. The first-order valence-corrected chi connectivity index (χ1v) is 5.69. The number of carbonyl (C=O) groups is 1. The van der Waals surface area contributed by atoms with Crippen molar-refractivity contribution in [3.8, 4) is 0 Å². The van der Waals surface area contributed by atoms with Crippen molar-refractivity contribution in [2.24, 2.45) is 0 Å². The fourth-order valence-electron chi connectivity index (χ4n) is 1.36. The van der Waals surface area contributed by atoms with E-state index in [1.54, 1.807) is 18.4 Å². The molecule has 0 unspecified atom stereocenters. The van der Waals surface area contributed by atoms with Gasteiger partial charge in [-0.3, -0.25) is 0 Å². The maximum atomic E-state index is 10.9. The van der Waals surface area contributed by atoms with Crippen LogP contribution in [0.25, 0.3) is 0 Å². The third-order valence-corrected chi connectivity index (χ3v) is 2.74. The van der Waals surface area contributed by atoms with Gasteiger partial charge >= 0.3 is 5.97 Å². The predicted molar refractivity (Wildman–Crippen MR) is 67.3 cm³/mol. The van der Waals surface area contributed by atoms with Crippen LogP contribution in [0.3, 0.4) is 0 Å². The summed E-state index contributed by atoms with van der Waals surface area (Å²) in [6.45, 7) is 0.367. The topological polar surface area (TPSA) is 75.4 Å². The van der Waals surface area contributed by atoms with Crippen molar-refractivity contribution < 1.29 is 14.3 Å². The second kappa shape index (κ2) is 5.29. The van der Waals surface area contributed by atoms with E-state index in [9.17, 15) is 4.79 Å². The molecule has 2 N–H and O–H groups in total. The van der Waals surface area contributed by atoms with Gasteiger partial charge in [-0.15, -0.1) is 0 Å². The van der Waals surface area contributed by atoms with Crippen LogP contribution in [0.5, 0.6) is 0 Å². The summed E-state index contributed by atoms with van der Waals surface area (Å²) in [5, 5.41) is 11.9. The minimum atomic E-state index is -1.23. The molecule has 0 aliphatic rings. The van der Waals surface area contributed by atoms with Crippen LogP contribution in [-0.2, 0) is 6.54 Å². The van der Waals surface area contributed by atoms with E-state index in [4.69, 9.17) is 32.7 Å². The van der Waals surface area contributed by atoms with Crippen molar-refractivity contribution in [1.82, 2.24) is 4.98 Å². The highest BCUT2D eigenvalue weighted by Gasteiger charge is 2.16. The number of rotatable bonds is 4. The number of pyridine rings is 1. The van der Waals surface area contributed by atoms with Gasteiger partial charge < -0.3 is 14.8 Å². The van der Waals surface area contributed by atoms with E-state index < -0.39 is 5.97 Å². The van der Waals surface area contributed by atoms with Crippen molar-refractivity contribution in [2.45, 2.75) is 6.54 Å². The molecule has 0 saturated heterocycles. The molecular weight excluding hydrogens is 279 g/mol. The number of aromatic carboxylic acids is 1. The largest absolute Gasteiger partial charge is 0.476 e. The summed E-state index contributed by atoms with van der Waals surface area (Å²) in [5.74, 6) is -0.542. The predicted octanol–water partition coefficient (Wildman–Crippen LogP) is 3.29. The molecule has 2 aromatic rings. The fraction of sp³-hybridized carbons (Fsp3) is 0.0909. The maximum absolute atomic E-state index is 10.9. The molecule has 0 radical (unpaired) electrons. The second-order valence-electron chi connectivity index (χ2n) is 3.39. The zero-order valence-electron chi connectivity index (χ0n) is 8.98. The van der Waals surface area contributed by atoms with Gasteiger partial charge in [0, 0.05) is 6.07 Å². The van der Waals surface area contributed by atoms with E-state index in [1.165, 1.54) is 6.07 Å². The smallest absolute Gasteiger partial charge is 0.356 e. The van der Waals surface area contributed by atoms with Gasteiger partial charge in [0.15, 0.2) is 5.69 Å². The first-order chi connectivity index (χ1) is 8.58. The molecule has 5 nitrogen and oxygen atoms in total. The Morgan fingerprint density at radius 3 is 2.89 bits per heavy atom. The summed E-state index contributed by atoms with van der Waals surface area (Å²) in [5.41, 5.74) is 0.108. The van der Waals surface area contributed by atoms with Crippen LogP contribution in [0.1, 0.15) is 16.2 Å². The summed E-state index contributed by atoms with van der Waals surface area (Å²) in [7, 11) is 0. The highest BCUT2D eigenvalue weighted by Crippen LogP contribution is 2.28. The van der Waals surface area contributed by atoms with Crippen LogP contribution in [0.4, 0.5) is 5.69 Å². The standard InChI is InChI=1S/C11H8Cl2N2O3/c12-8-4-7(9(13)10(15-8)11(16)17)14-5-6-2-1-3-18-6/h1-4H,5H2,(H,14,15)(H,16,17). The second-order valence-corrected chi connectivity index (χ2v) is 4.16. The maximum Gasteiger partial charge on any atom is 0.356 e. The van der Waals surface area contributed by atoms with Gasteiger partial charge in [-0.25, -0.2) is 9.78 Å². The molecule has 0 aromatic carbocycles. The Bertz CT molecular complexity index is 570. The number of nitrogens with zero attached hydrogens (tertiary/aromatic N) is 1. The lowest BCUT2D eigenvalue weighted by molar-refractivity contribution is 0.0691. The van der Waals surface area contributed by atoms with Crippen LogP contribution < -0.4 is 5.32 Å². The minimum absolute atomic E-state index is 0.0125. The normalized spacial score (nSPS) is 10.3. The van der Waals surface area contributed by atoms with E-state index in [-0.39, 0.29) is 15.9 Å². The molecule has 0 saturated carbocycles. The summed E-state index contributed by atoms with van der Waals surface area (Å²) >= 11 is 11.7. The fourth-order valence-corrected chi connectivity index (χ4v) is 1.80. The quantitative estimate of drug-likeness (QED) is 0.844. The van der Waals surface area contributed by atoms with E-state index >= 15 is 0 Å². The number of halogens is 2.